The summed E-state index contributed by atoms with van der Waals surface area (Å²) >= 11 is 0. The van der Waals surface area contributed by atoms with E-state index in [1.165, 1.54) is 4.31 Å². The molecule has 0 radical (unpaired) electrons. The lowest BCUT2D eigenvalue weighted by Gasteiger charge is -2.33. The normalized spacial score (nSPS) is 19.1. The van der Waals surface area contributed by atoms with Gasteiger partial charge in [-0.25, -0.2) is 4.98 Å². The van der Waals surface area contributed by atoms with Crippen LogP contribution in [-0.4, -0.2) is 64.0 Å². The number of aromatic nitrogens is 4. The Kier molecular flexibility index (Phi) is 5.92. The van der Waals surface area contributed by atoms with E-state index in [1.807, 2.05) is 10.9 Å². The van der Waals surface area contributed by atoms with E-state index in [9.17, 15) is 8.42 Å². The molecule has 1 aliphatic heterocycles. The number of hydrogen-bond donors (Lipinski definition) is 0. The minimum Gasteiger partial charge on any atom is -0.270 e. The number of nitrogens with zero attached hydrogens (tertiary/aromatic N) is 6. The van der Waals surface area contributed by atoms with Crippen LogP contribution in [0.3, 0.4) is 0 Å². The molecular weight excluding hydrogens is 364 g/mol. The van der Waals surface area contributed by atoms with Crippen molar-refractivity contribution in [2.75, 3.05) is 27.2 Å². The van der Waals surface area contributed by atoms with Crippen LogP contribution in [0.4, 0.5) is 0 Å². The number of rotatable bonds is 6. The van der Waals surface area contributed by atoms with Gasteiger partial charge in [0.25, 0.3) is 10.2 Å². The van der Waals surface area contributed by atoms with Crippen LogP contribution >= 0.6 is 0 Å². The van der Waals surface area contributed by atoms with Gasteiger partial charge in [-0.2, -0.15) is 22.1 Å². The third-order valence-electron chi connectivity index (χ3n) is 4.88. The van der Waals surface area contributed by atoms with Crippen LogP contribution in [0, 0.1) is 5.92 Å². The third-order valence-corrected chi connectivity index (χ3v) is 6.79. The van der Waals surface area contributed by atoms with E-state index in [1.54, 1.807) is 37.0 Å². The molecule has 0 N–H and O–H groups in total. The minimum atomic E-state index is -3.36. The summed E-state index contributed by atoms with van der Waals surface area (Å²) in [5.74, 6) is 0.247. The average Bonchev–Trinajstić information content (AvgIpc) is 3.12. The molecule has 1 atom stereocenters. The van der Waals surface area contributed by atoms with E-state index in [4.69, 9.17) is 4.98 Å². The molecule has 8 nitrogen and oxygen atoms in total. The van der Waals surface area contributed by atoms with Gasteiger partial charge in [-0.1, -0.05) is 0 Å². The highest BCUT2D eigenvalue weighted by Crippen LogP contribution is 2.24. The van der Waals surface area contributed by atoms with E-state index in [-0.39, 0.29) is 5.92 Å². The zero-order valence-corrected chi connectivity index (χ0v) is 17.2. The lowest BCUT2D eigenvalue weighted by molar-refractivity contribution is 0.253. The second-order valence-corrected chi connectivity index (χ2v) is 9.70. The highest BCUT2D eigenvalue weighted by Gasteiger charge is 2.30. The molecule has 27 heavy (non-hydrogen) atoms. The lowest BCUT2D eigenvalue weighted by Crippen LogP contribution is -2.45. The Morgan fingerprint density at radius 1 is 1.26 bits per heavy atom. The van der Waals surface area contributed by atoms with Gasteiger partial charge in [-0.3, -0.25) is 9.67 Å². The maximum atomic E-state index is 12.4. The molecule has 1 saturated heterocycles. The summed E-state index contributed by atoms with van der Waals surface area (Å²) in [6, 6.07) is 0.293. The van der Waals surface area contributed by atoms with Crippen molar-refractivity contribution in [3.8, 4) is 11.3 Å². The zero-order chi connectivity index (χ0) is 19.6. The van der Waals surface area contributed by atoms with Gasteiger partial charge in [0.05, 0.1) is 23.8 Å². The summed E-state index contributed by atoms with van der Waals surface area (Å²) in [6.45, 7) is 5.26. The summed E-state index contributed by atoms with van der Waals surface area (Å²) in [5, 5.41) is 4.36. The fourth-order valence-electron chi connectivity index (χ4n) is 3.33. The first kappa shape index (κ1) is 19.9. The predicted octanol–water partition coefficient (Wildman–Crippen LogP) is 1.98. The van der Waals surface area contributed by atoms with E-state index in [0.717, 1.165) is 36.2 Å². The highest BCUT2D eigenvalue weighted by atomic mass is 32.2. The van der Waals surface area contributed by atoms with Gasteiger partial charge in [0, 0.05) is 51.2 Å². The van der Waals surface area contributed by atoms with Crippen LogP contribution in [0.1, 0.15) is 38.4 Å². The second kappa shape index (κ2) is 8.04. The van der Waals surface area contributed by atoms with E-state index in [0.29, 0.717) is 19.1 Å². The molecule has 0 bridgehead atoms. The maximum Gasteiger partial charge on any atom is 0.281 e. The van der Waals surface area contributed by atoms with Crippen molar-refractivity contribution in [1.82, 2.24) is 28.4 Å². The molecule has 0 amide bonds. The Hall–Kier alpha value is -1.84. The monoisotopic (exact) mass is 392 g/mol. The van der Waals surface area contributed by atoms with Crippen molar-refractivity contribution in [2.45, 2.75) is 39.2 Å². The molecule has 9 heteroatoms. The van der Waals surface area contributed by atoms with Crippen LogP contribution in [-0.2, 0) is 16.6 Å². The number of piperidine rings is 1. The smallest absolute Gasteiger partial charge is 0.270 e. The molecule has 0 aromatic carbocycles. The quantitative estimate of drug-likeness (QED) is 0.750. The van der Waals surface area contributed by atoms with E-state index >= 15 is 0 Å². The van der Waals surface area contributed by atoms with Crippen molar-refractivity contribution < 1.29 is 8.42 Å². The van der Waals surface area contributed by atoms with Crippen molar-refractivity contribution >= 4 is 10.2 Å². The average molecular weight is 393 g/mol. The third kappa shape index (κ3) is 4.53. The zero-order valence-electron chi connectivity index (χ0n) is 16.4. The molecule has 3 heterocycles. The topological polar surface area (TPSA) is 84.2 Å². The second-order valence-electron chi connectivity index (χ2n) is 7.56. The maximum absolute atomic E-state index is 12.4. The first-order valence-corrected chi connectivity index (χ1v) is 10.7. The Labute approximate surface area is 161 Å². The molecule has 1 fully saturated rings. The van der Waals surface area contributed by atoms with Crippen LogP contribution in [0.15, 0.2) is 24.8 Å². The largest absolute Gasteiger partial charge is 0.281 e. The van der Waals surface area contributed by atoms with Gasteiger partial charge < -0.3 is 0 Å². The van der Waals surface area contributed by atoms with Gasteiger partial charge in [-0.15, -0.1) is 0 Å². The van der Waals surface area contributed by atoms with E-state index in [2.05, 4.69) is 23.9 Å². The van der Waals surface area contributed by atoms with Crippen LogP contribution in [0.25, 0.3) is 11.3 Å². The first-order valence-electron chi connectivity index (χ1n) is 9.30. The lowest BCUT2D eigenvalue weighted by atomic mass is 9.95. The van der Waals surface area contributed by atoms with Gasteiger partial charge in [0.2, 0.25) is 0 Å². The molecule has 2 aromatic rings. The van der Waals surface area contributed by atoms with Crippen molar-refractivity contribution in [2.24, 2.45) is 5.92 Å². The molecule has 1 aliphatic rings. The Balaban J connectivity index is 1.72. The fraction of sp³-hybridized carbons (Fsp3) is 0.611. The standard InChI is InChI=1S/C18H28N6O2S/c1-14(2)24-13-16(9-20-24)18-11-19-10-17(21-18)8-15-6-5-7-23(12-15)27(25,26)22(3)4/h9-11,13-15H,5-8,12H2,1-4H3/t15-/m1/s1. The molecule has 3 rings (SSSR count). The summed E-state index contributed by atoms with van der Waals surface area (Å²) in [7, 11) is -0.213. The van der Waals surface area contributed by atoms with Gasteiger partial charge in [-0.05, 0) is 39.0 Å². The van der Waals surface area contributed by atoms with Crippen molar-refractivity contribution in [3.05, 3.63) is 30.5 Å². The Morgan fingerprint density at radius 3 is 2.70 bits per heavy atom. The van der Waals surface area contributed by atoms with Crippen LogP contribution in [0.2, 0.25) is 0 Å². The van der Waals surface area contributed by atoms with Gasteiger partial charge in [0.1, 0.15) is 0 Å². The van der Waals surface area contributed by atoms with Crippen molar-refractivity contribution in [3.63, 3.8) is 0 Å². The molecule has 2 aromatic heterocycles. The SMILES string of the molecule is CC(C)n1cc(-c2cncc(C[C@H]3CCCN(S(=O)(=O)N(C)C)C3)n2)cn1. The molecule has 0 aliphatic carbocycles. The Bertz CT molecular complexity index is 877. The fourth-order valence-corrected chi connectivity index (χ4v) is 4.55. The number of hydrogen-bond acceptors (Lipinski definition) is 5. The van der Waals surface area contributed by atoms with Crippen LogP contribution in [0.5, 0.6) is 0 Å². The summed E-state index contributed by atoms with van der Waals surface area (Å²) in [5.41, 5.74) is 2.63. The van der Waals surface area contributed by atoms with Crippen molar-refractivity contribution in [1.29, 1.82) is 0 Å². The van der Waals surface area contributed by atoms with E-state index < -0.39 is 10.2 Å². The molecular formula is C18H28N6O2S. The van der Waals surface area contributed by atoms with Gasteiger partial charge >= 0.3 is 0 Å². The Morgan fingerprint density at radius 2 is 2.04 bits per heavy atom. The predicted molar refractivity (Wildman–Crippen MR) is 104 cm³/mol. The van der Waals surface area contributed by atoms with Gasteiger partial charge in [0.15, 0.2) is 0 Å². The molecule has 0 saturated carbocycles. The highest BCUT2D eigenvalue weighted by molar-refractivity contribution is 7.86. The summed E-state index contributed by atoms with van der Waals surface area (Å²) in [6.07, 6.45) is 9.89. The molecule has 0 unspecified atom stereocenters. The summed E-state index contributed by atoms with van der Waals surface area (Å²) in [4.78, 5) is 9.07. The molecule has 148 valence electrons. The molecule has 0 spiro atoms. The first-order chi connectivity index (χ1) is 12.8. The summed E-state index contributed by atoms with van der Waals surface area (Å²) < 4.78 is 29.5. The van der Waals surface area contributed by atoms with Crippen LogP contribution < -0.4 is 0 Å². The minimum absolute atomic E-state index is 0.247.